The molecule has 1 aromatic carbocycles. The number of benzene rings is 1. The SMILES string of the molecule is COc1cc(C(=O)OCC(=O)NC2CCCC2)cc(Cl)c1OC. The van der Waals surface area contributed by atoms with E-state index >= 15 is 0 Å². The number of carbonyl (C=O) groups excluding carboxylic acids is 2. The molecule has 0 aliphatic heterocycles. The normalized spacial score (nSPS) is 14.4. The summed E-state index contributed by atoms with van der Waals surface area (Å²) in [6, 6.07) is 3.07. The van der Waals surface area contributed by atoms with E-state index < -0.39 is 5.97 Å². The third-order valence-corrected chi connectivity index (χ3v) is 4.00. The Hall–Kier alpha value is -1.95. The van der Waals surface area contributed by atoms with Crippen molar-refractivity contribution in [2.45, 2.75) is 31.7 Å². The Morgan fingerprint density at radius 2 is 1.91 bits per heavy atom. The van der Waals surface area contributed by atoms with Crippen LogP contribution in [0.25, 0.3) is 0 Å². The van der Waals surface area contributed by atoms with Crippen molar-refractivity contribution in [3.8, 4) is 11.5 Å². The van der Waals surface area contributed by atoms with Gasteiger partial charge in [0.05, 0.1) is 24.8 Å². The maximum atomic E-state index is 12.0. The lowest BCUT2D eigenvalue weighted by Gasteiger charge is -2.13. The minimum atomic E-state index is -0.644. The summed E-state index contributed by atoms with van der Waals surface area (Å²) < 4.78 is 15.2. The molecular formula is C16H20ClNO5. The number of carbonyl (C=O) groups is 2. The number of amides is 1. The van der Waals surface area contributed by atoms with Gasteiger partial charge in [-0.05, 0) is 25.0 Å². The molecule has 0 radical (unpaired) electrons. The van der Waals surface area contributed by atoms with Crippen LogP contribution >= 0.6 is 11.6 Å². The second-order valence-electron chi connectivity index (χ2n) is 5.32. The molecule has 23 heavy (non-hydrogen) atoms. The molecule has 0 heterocycles. The molecule has 0 aromatic heterocycles. The predicted octanol–water partition coefficient (Wildman–Crippen LogP) is 2.57. The van der Waals surface area contributed by atoms with E-state index in [1.165, 1.54) is 26.4 Å². The molecule has 1 saturated carbocycles. The lowest BCUT2D eigenvalue weighted by Crippen LogP contribution is -2.35. The highest BCUT2D eigenvalue weighted by Crippen LogP contribution is 2.36. The van der Waals surface area contributed by atoms with E-state index in [1.807, 2.05) is 0 Å². The van der Waals surface area contributed by atoms with Gasteiger partial charge in [0.25, 0.3) is 5.91 Å². The molecule has 1 aromatic rings. The molecule has 0 spiro atoms. The first-order valence-corrected chi connectivity index (χ1v) is 7.81. The zero-order valence-electron chi connectivity index (χ0n) is 13.2. The largest absolute Gasteiger partial charge is 0.493 e. The van der Waals surface area contributed by atoms with Crippen LogP contribution in [0, 0.1) is 0 Å². The lowest BCUT2D eigenvalue weighted by molar-refractivity contribution is -0.124. The summed E-state index contributed by atoms with van der Waals surface area (Å²) in [5, 5.41) is 3.08. The van der Waals surface area contributed by atoms with Crippen LogP contribution in [-0.2, 0) is 9.53 Å². The number of nitrogens with one attached hydrogen (secondary N) is 1. The van der Waals surface area contributed by atoms with Crippen LogP contribution in [0.5, 0.6) is 11.5 Å². The van der Waals surface area contributed by atoms with Crippen LogP contribution in [-0.4, -0.2) is 38.7 Å². The van der Waals surface area contributed by atoms with Gasteiger partial charge >= 0.3 is 5.97 Å². The van der Waals surface area contributed by atoms with Gasteiger partial charge in [-0.1, -0.05) is 24.4 Å². The third-order valence-electron chi connectivity index (χ3n) is 3.72. The van der Waals surface area contributed by atoms with E-state index in [0.29, 0.717) is 11.5 Å². The number of hydrogen-bond acceptors (Lipinski definition) is 5. The standard InChI is InChI=1S/C16H20ClNO5/c1-21-13-8-10(7-12(17)15(13)22-2)16(20)23-9-14(19)18-11-5-3-4-6-11/h7-8,11H,3-6,9H2,1-2H3,(H,18,19). The molecule has 0 atom stereocenters. The first kappa shape index (κ1) is 17.4. The maximum Gasteiger partial charge on any atom is 0.338 e. The number of esters is 1. The molecule has 0 saturated heterocycles. The van der Waals surface area contributed by atoms with E-state index in [1.54, 1.807) is 0 Å². The van der Waals surface area contributed by atoms with Gasteiger partial charge in [0, 0.05) is 6.04 Å². The monoisotopic (exact) mass is 341 g/mol. The quantitative estimate of drug-likeness (QED) is 0.805. The van der Waals surface area contributed by atoms with Gasteiger partial charge in [-0.3, -0.25) is 4.79 Å². The molecule has 1 aliphatic rings. The summed E-state index contributed by atoms with van der Waals surface area (Å²) in [4.78, 5) is 23.8. The maximum absolute atomic E-state index is 12.0. The average molecular weight is 342 g/mol. The van der Waals surface area contributed by atoms with Gasteiger partial charge in [-0.2, -0.15) is 0 Å². The van der Waals surface area contributed by atoms with E-state index in [4.69, 9.17) is 25.8 Å². The second-order valence-corrected chi connectivity index (χ2v) is 5.73. The summed E-state index contributed by atoms with van der Waals surface area (Å²) in [6.07, 6.45) is 4.19. The van der Waals surface area contributed by atoms with Crippen molar-refractivity contribution in [1.82, 2.24) is 5.32 Å². The number of rotatable bonds is 6. The smallest absolute Gasteiger partial charge is 0.338 e. The van der Waals surface area contributed by atoms with Crippen molar-refractivity contribution in [2.75, 3.05) is 20.8 Å². The van der Waals surface area contributed by atoms with E-state index in [2.05, 4.69) is 5.32 Å². The summed E-state index contributed by atoms with van der Waals surface area (Å²) >= 11 is 6.04. The van der Waals surface area contributed by atoms with E-state index in [0.717, 1.165) is 25.7 Å². The Kier molecular flexibility index (Phi) is 6.10. The molecule has 1 amide bonds. The lowest BCUT2D eigenvalue weighted by atomic mass is 10.2. The van der Waals surface area contributed by atoms with Crippen LogP contribution in [0.1, 0.15) is 36.0 Å². The topological polar surface area (TPSA) is 73.9 Å². The fourth-order valence-corrected chi connectivity index (χ4v) is 2.88. The molecule has 6 nitrogen and oxygen atoms in total. The highest BCUT2D eigenvalue weighted by molar-refractivity contribution is 6.32. The number of methoxy groups -OCH3 is 2. The Balaban J connectivity index is 1.94. The summed E-state index contributed by atoms with van der Waals surface area (Å²) in [5.41, 5.74) is 0.196. The molecule has 1 N–H and O–H groups in total. The minimum Gasteiger partial charge on any atom is -0.493 e. The van der Waals surface area contributed by atoms with Gasteiger partial charge in [0.15, 0.2) is 18.1 Å². The van der Waals surface area contributed by atoms with Crippen LogP contribution in [0.4, 0.5) is 0 Å². The number of halogens is 1. The molecule has 126 valence electrons. The molecule has 1 aliphatic carbocycles. The molecule has 1 fully saturated rings. The minimum absolute atomic E-state index is 0.191. The molecular weight excluding hydrogens is 322 g/mol. The number of ether oxygens (including phenoxy) is 3. The molecule has 7 heteroatoms. The Bertz CT molecular complexity index is 584. The highest BCUT2D eigenvalue weighted by Gasteiger charge is 2.19. The zero-order valence-corrected chi connectivity index (χ0v) is 13.9. The van der Waals surface area contributed by atoms with Crippen LogP contribution in [0.15, 0.2) is 12.1 Å². The van der Waals surface area contributed by atoms with Crippen molar-refractivity contribution < 1.29 is 23.8 Å². The third kappa shape index (κ3) is 4.51. The first-order chi connectivity index (χ1) is 11.0. The zero-order chi connectivity index (χ0) is 16.8. The Morgan fingerprint density at radius 1 is 1.22 bits per heavy atom. The average Bonchev–Trinajstić information content (AvgIpc) is 3.04. The van der Waals surface area contributed by atoms with Crippen LogP contribution in [0.3, 0.4) is 0 Å². The summed E-state index contributed by atoms with van der Waals surface area (Å²) in [7, 11) is 2.90. The summed E-state index contributed by atoms with van der Waals surface area (Å²) in [6.45, 7) is -0.318. The van der Waals surface area contributed by atoms with Gasteiger partial charge in [0.2, 0.25) is 0 Å². The molecule has 2 rings (SSSR count). The number of hydrogen-bond donors (Lipinski definition) is 1. The molecule has 0 bridgehead atoms. The van der Waals surface area contributed by atoms with Crippen molar-refractivity contribution >= 4 is 23.5 Å². The van der Waals surface area contributed by atoms with Crippen molar-refractivity contribution in [1.29, 1.82) is 0 Å². The van der Waals surface area contributed by atoms with Crippen molar-refractivity contribution in [3.63, 3.8) is 0 Å². The van der Waals surface area contributed by atoms with Crippen molar-refractivity contribution in [3.05, 3.63) is 22.7 Å². The fraction of sp³-hybridized carbons (Fsp3) is 0.500. The van der Waals surface area contributed by atoms with Gasteiger partial charge in [-0.25, -0.2) is 4.79 Å². The van der Waals surface area contributed by atoms with Gasteiger partial charge < -0.3 is 19.5 Å². The van der Waals surface area contributed by atoms with E-state index in [-0.39, 0.29) is 29.1 Å². The summed E-state index contributed by atoms with van der Waals surface area (Å²) in [5.74, 6) is -0.279. The van der Waals surface area contributed by atoms with Gasteiger partial charge in [-0.15, -0.1) is 0 Å². The highest BCUT2D eigenvalue weighted by atomic mass is 35.5. The van der Waals surface area contributed by atoms with Crippen molar-refractivity contribution in [2.24, 2.45) is 0 Å². The second kappa shape index (κ2) is 8.06. The Morgan fingerprint density at radius 3 is 2.52 bits per heavy atom. The predicted molar refractivity (Wildman–Crippen MR) is 85.2 cm³/mol. The molecule has 0 unspecified atom stereocenters. The Labute approximate surface area is 140 Å². The van der Waals surface area contributed by atoms with Crippen LogP contribution in [0.2, 0.25) is 5.02 Å². The van der Waals surface area contributed by atoms with E-state index in [9.17, 15) is 9.59 Å². The first-order valence-electron chi connectivity index (χ1n) is 7.43. The van der Waals surface area contributed by atoms with Gasteiger partial charge in [0.1, 0.15) is 0 Å². The fourth-order valence-electron chi connectivity index (χ4n) is 2.59. The van der Waals surface area contributed by atoms with Crippen LogP contribution < -0.4 is 14.8 Å².